The molecular formula is C15H13ClFN3. The van der Waals surface area contributed by atoms with Gasteiger partial charge in [-0.05, 0) is 49.7 Å². The largest absolute Gasteiger partial charge is 0.279 e. The van der Waals surface area contributed by atoms with Crippen LogP contribution in [-0.4, -0.2) is 14.5 Å². The van der Waals surface area contributed by atoms with Gasteiger partial charge in [-0.2, -0.15) is 0 Å². The summed E-state index contributed by atoms with van der Waals surface area (Å²) >= 11 is 6.23. The lowest BCUT2D eigenvalue weighted by Gasteiger charge is -2.12. The molecule has 1 atom stereocenters. The molecule has 0 bridgehead atoms. The van der Waals surface area contributed by atoms with Gasteiger partial charge in [0.2, 0.25) is 0 Å². The Labute approximate surface area is 121 Å². The third kappa shape index (κ3) is 2.06. The van der Waals surface area contributed by atoms with Crippen molar-refractivity contribution in [2.75, 3.05) is 0 Å². The maximum atomic E-state index is 13.3. The fourth-order valence-electron chi connectivity index (χ4n) is 2.30. The minimum Gasteiger partial charge on any atom is -0.279 e. The molecule has 102 valence electrons. The Hall–Kier alpha value is -1.94. The molecule has 0 N–H and O–H groups in total. The number of pyridine rings is 1. The van der Waals surface area contributed by atoms with Gasteiger partial charge in [-0.15, -0.1) is 11.6 Å². The molecule has 0 amide bonds. The fraction of sp³-hybridized carbons (Fsp3) is 0.200. The number of halogens is 2. The van der Waals surface area contributed by atoms with E-state index in [0.717, 1.165) is 22.4 Å². The maximum Gasteiger partial charge on any atom is 0.164 e. The van der Waals surface area contributed by atoms with E-state index < -0.39 is 0 Å². The highest BCUT2D eigenvalue weighted by atomic mass is 35.5. The number of hydrogen-bond donors (Lipinski definition) is 0. The van der Waals surface area contributed by atoms with Crippen LogP contribution in [0.15, 0.2) is 36.5 Å². The molecule has 0 aliphatic carbocycles. The molecule has 3 rings (SSSR count). The molecule has 3 aromatic rings. The molecular weight excluding hydrogens is 277 g/mol. The zero-order chi connectivity index (χ0) is 14.3. The van der Waals surface area contributed by atoms with Crippen molar-refractivity contribution in [2.45, 2.75) is 19.2 Å². The van der Waals surface area contributed by atoms with E-state index in [-0.39, 0.29) is 11.2 Å². The molecule has 0 radical (unpaired) electrons. The lowest BCUT2D eigenvalue weighted by atomic mass is 10.2. The maximum absolute atomic E-state index is 13.3. The summed E-state index contributed by atoms with van der Waals surface area (Å²) in [5.74, 6) is 0.444. The van der Waals surface area contributed by atoms with Crippen LogP contribution in [0.1, 0.15) is 23.7 Å². The third-order valence-electron chi connectivity index (χ3n) is 3.20. The molecule has 0 aliphatic heterocycles. The van der Waals surface area contributed by atoms with Gasteiger partial charge in [0, 0.05) is 6.20 Å². The highest BCUT2D eigenvalue weighted by molar-refractivity contribution is 6.20. The van der Waals surface area contributed by atoms with Crippen LogP contribution in [-0.2, 0) is 0 Å². The first kappa shape index (κ1) is 13.1. The molecule has 0 aliphatic rings. The topological polar surface area (TPSA) is 30.7 Å². The van der Waals surface area contributed by atoms with Crippen molar-refractivity contribution in [3.8, 4) is 5.69 Å². The number of nitrogens with zero attached hydrogens (tertiary/aromatic N) is 3. The first-order valence-electron chi connectivity index (χ1n) is 6.32. The molecule has 1 aromatic carbocycles. The van der Waals surface area contributed by atoms with Gasteiger partial charge in [0.25, 0.3) is 0 Å². The van der Waals surface area contributed by atoms with Crippen LogP contribution >= 0.6 is 11.6 Å². The summed E-state index contributed by atoms with van der Waals surface area (Å²) in [6, 6.07) is 8.37. The second kappa shape index (κ2) is 4.87. The lowest BCUT2D eigenvalue weighted by Crippen LogP contribution is -2.04. The predicted octanol–water partition coefficient (Wildman–Crippen LogP) is 4.17. The smallest absolute Gasteiger partial charge is 0.164 e. The van der Waals surface area contributed by atoms with E-state index in [1.54, 1.807) is 12.3 Å². The van der Waals surface area contributed by atoms with E-state index in [9.17, 15) is 4.39 Å². The highest BCUT2D eigenvalue weighted by Crippen LogP contribution is 2.28. The summed E-state index contributed by atoms with van der Waals surface area (Å²) in [6.45, 7) is 3.72. The number of imidazole rings is 1. The number of aromatic nitrogens is 3. The Bertz CT molecular complexity index is 780. The summed E-state index contributed by atoms with van der Waals surface area (Å²) in [5, 5.41) is -0.270. The van der Waals surface area contributed by atoms with Gasteiger partial charge >= 0.3 is 0 Å². The minimum atomic E-state index is -0.270. The number of hydrogen-bond acceptors (Lipinski definition) is 2. The van der Waals surface area contributed by atoms with Crippen molar-refractivity contribution >= 4 is 22.8 Å². The second-order valence-electron chi connectivity index (χ2n) is 4.70. The van der Waals surface area contributed by atoms with Crippen LogP contribution < -0.4 is 0 Å². The number of aryl methyl sites for hydroxylation is 1. The van der Waals surface area contributed by atoms with Crippen LogP contribution in [0.3, 0.4) is 0 Å². The third-order valence-corrected chi connectivity index (χ3v) is 3.39. The monoisotopic (exact) mass is 289 g/mol. The number of alkyl halides is 1. The van der Waals surface area contributed by atoms with Gasteiger partial charge in [0.15, 0.2) is 5.65 Å². The van der Waals surface area contributed by atoms with Crippen molar-refractivity contribution in [3.05, 3.63) is 53.7 Å². The number of benzene rings is 1. The van der Waals surface area contributed by atoms with Crippen molar-refractivity contribution < 1.29 is 4.39 Å². The Kier molecular flexibility index (Phi) is 3.18. The molecule has 2 aromatic heterocycles. The second-order valence-corrected chi connectivity index (χ2v) is 5.35. The SMILES string of the molecule is Cc1cc(F)ccc1-n1c(C(C)Cl)nc2cccnc21. The molecule has 2 heterocycles. The molecule has 0 fully saturated rings. The average molecular weight is 290 g/mol. The summed E-state index contributed by atoms with van der Waals surface area (Å²) in [4.78, 5) is 8.90. The first-order chi connectivity index (χ1) is 9.58. The van der Waals surface area contributed by atoms with Gasteiger partial charge in [0.05, 0.1) is 11.1 Å². The van der Waals surface area contributed by atoms with Crippen molar-refractivity contribution in [1.29, 1.82) is 0 Å². The molecule has 3 nitrogen and oxygen atoms in total. The van der Waals surface area contributed by atoms with E-state index in [4.69, 9.17) is 11.6 Å². The highest BCUT2D eigenvalue weighted by Gasteiger charge is 2.18. The molecule has 0 saturated heterocycles. The molecule has 5 heteroatoms. The van der Waals surface area contributed by atoms with Crippen LogP contribution in [0, 0.1) is 12.7 Å². The summed E-state index contributed by atoms with van der Waals surface area (Å²) in [7, 11) is 0. The molecule has 20 heavy (non-hydrogen) atoms. The van der Waals surface area contributed by atoms with Gasteiger partial charge in [-0.25, -0.2) is 14.4 Å². The Balaban J connectivity index is 2.36. The predicted molar refractivity (Wildman–Crippen MR) is 77.8 cm³/mol. The van der Waals surface area contributed by atoms with Crippen molar-refractivity contribution in [3.63, 3.8) is 0 Å². The Morgan fingerprint density at radius 2 is 2.10 bits per heavy atom. The first-order valence-corrected chi connectivity index (χ1v) is 6.75. The zero-order valence-electron chi connectivity index (χ0n) is 11.1. The Morgan fingerprint density at radius 1 is 1.30 bits per heavy atom. The van der Waals surface area contributed by atoms with Crippen LogP contribution in [0.25, 0.3) is 16.9 Å². The molecule has 0 spiro atoms. The molecule has 1 unspecified atom stereocenters. The Morgan fingerprint density at radius 3 is 2.80 bits per heavy atom. The van der Waals surface area contributed by atoms with Crippen LogP contribution in [0.5, 0.6) is 0 Å². The van der Waals surface area contributed by atoms with E-state index in [1.807, 2.05) is 30.5 Å². The molecule has 0 saturated carbocycles. The van der Waals surface area contributed by atoms with Gasteiger partial charge in [-0.3, -0.25) is 4.57 Å². The van der Waals surface area contributed by atoms with E-state index in [1.165, 1.54) is 12.1 Å². The zero-order valence-corrected chi connectivity index (χ0v) is 11.9. The van der Waals surface area contributed by atoms with E-state index >= 15 is 0 Å². The summed E-state index contributed by atoms with van der Waals surface area (Å²) in [5.41, 5.74) is 3.16. The van der Waals surface area contributed by atoms with Gasteiger partial charge in [-0.1, -0.05) is 0 Å². The van der Waals surface area contributed by atoms with Gasteiger partial charge < -0.3 is 0 Å². The van der Waals surface area contributed by atoms with Crippen LogP contribution in [0.4, 0.5) is 4.39 Å². The van der Waals surface area contributed by atoms with E-state index in [0.29, 0.717) is 5.82 Å². The normalized spacial score (nSPS) is 12.8. The average Bonchev–Trinajstić information content (AvgIpc) is 2.78. The number of rotatable bonds is 2. The lowest BCUT2D eigenvalue weighted by molar-refractivity contribution is 0.626. The van der Waals surface area contributed by atoms with Crippen molar-refractivity contribution in [2.24, 2.45) is 0 Å². The minimum absolute atomic E-state index is 0.260. The quantitative estimate of drug-likeness (QED) is 0.663. The van der Waals surface area contributed by atoms with Gasteiger partial charge in [0.1, 0.15) is 17.2 Å². The fourth-order valence-corrected chi connectivity index (χ4v) is 2.45. The van der Waals surface area contributed by atoms with Crippen molar-refractivity contribution in [1.82, 2.24) is 14.5 Å². The van der Waals surface area contributed by atoms with Crippen LogP contribution in [0.2, 0.25) is 0 Å². The summed E-state index contributed by atoms with van der Waals surface area (Å²) < 4.78 is 15.2. The van der Waals surface area contributed by atoms with E-state index in [2.05, 4.69) is 9.97 Å². The number of fused-ring (bicyclic) bond motifs is 1. The summed E-state index contributed by atoms with van der Waals surface area (Å²) in [6.07, 6.45) is 1.71. The standard InChI is InChI=1S/C15H13ClFN3/c1-9-8-11(17)5-6-13(9)20-14(10(2)16)19-12-4-3-7-18-15(12)20/h3-8,10H,1-2H3.